The zero-order valence-electron chi connectivity index (χ0n) is 12.2. The highest BCUT2D eigenvalue weighted by atomic mass is 16.2. The summed E-state index contributed by atoms with van der Waals surface area (Å²) in [6.45, 7) is 0. The van der Waals surface area contributed by atoms with E-state index in [1.54, 1.807) is 24.5 Å². The van der Waals surface area contributed by atoms with Crippen LogP contribution in [0.3, 0.4) is 0 Å². The minimum absolute atomic E-state index is 0.405. The number of nitrogens with zero attached hydrogens (tertiary/aromatic N) is 2. The average molecular weight is 305 g/mol. The van der Waals surface area contributed by atoms with Crippen molar-refractivity contribution >= 4 is 17.9 Å². The van der Waals surface area contributed by atoms with Crippen LogP contribution in [0.1, 0.15) is 5.56 Å². The number of carbonyl (C=O) groups excluding carboxylic acids is 1. The molecular formula is C17H15N5O. The van der Waals surface area contributed by atoms with Gasteiger partial charge in [-0.25, -0.2) is 10.2 Å². The van der Waals surface area contributed by atoms with Gasteiger partial charge in [-0.1, -0.05) is 48.5 Å². The summed E-state index contributed by atoms with van der Waals surface area (Å²) < 4.78 is 0. The molecule has 0 fully saturated rings. The van der Waals surface area contributed by atoms with Crippen molar-refractivity contribution in [3.63, 3.8) is 0 Å². The van der Waals surface area contributed by atoms with Gasteiger partial charge in [0, 0.05) is 16.8 Å². The number of benzene rings is 2. The molecule has 0 bridgehead atoms. The number of nitrogens with one attached hydrogen (secondary N) is 3. The Morgan fingerprint density at radius 1 is 1.04 bits per heavy atom. The van der Waals surface area contributed by atoms with Crippen LogP contribution in [0, 0.1) is 0 Å². The molecule has 0 spiro atoms. The van der Waals surface area contributed by atoms with Crippen molar-refractivity contribution in [3.8, 4) is 11.3 Å². The molecule has 0 saturated carbocycles. The molecule has 1 aromatic heterocycles. The molecule has 3 rings (SSSR count). The summed E-state index contributed by atoms with van der Waals surface area (Å²) >= 11 is 0. The van der Waals surface area contributed by atoms with Gasteiger partial charge in [-0.3, -0.25) is 5.10 Å². The van der Waals surface area contributed by atoms with Crippen LogP contribution in [0.25, 0.3) is 11.3 Å². The fourth-order valence-corrected chi connectivity index (χ4v) is 2.07. The molecule has 1 heterocycles. The molecule has 23 heavy (non-hydrogen) atoms. The monoisotopic (exact) mass is 305 g/mol. The van der Waals surface area contributed by atoms with Crippen molar-refractivity contribution in [2.24, 2.45) is 5.10 Å². The van der Waals surface area contributed by atoms with Gasteiger partial charge in [0.1, 0.15) is 0 Å². The van der Waals surface area contributed by atoms with Crippen LogP contribution in [-0.4, -0.2) is 22.4 Å². The zero-order valence-corrected chi connectivity index (χ0v) is 12.2. The van der Waals surface area contributed by atoms with Gasteiger partial charge in [-0.05, 0) is 12.1 Å². The maximum Gasteiger partial charge on any atom is 0.339 e. The Balaban J connectivity index is 1.63. The number of aromatic nitrogens is 2. The standard InChI is InChI=1S/C17H15N5O/c23-17(20-15-9-5-2-6-10-15)22-19-12-14-11-18-21-16(14)13-7-3-1-4-8-13/h1-12H,(H,18,21)(H2,20,22,23)/b19-12+. The van der Waals surface area contributed by atoms with E-state index in [4.69, 9.17) is 0 Å². The number of aromatic amines is 1. The summed E-state index contributed by atoms with van der Waals surface area (Å²) in [6.07, 6.45) is 3.21. The highest BCUT2D eigenvalue weighted by molar-refractivity contribution is 5.92. The molecule has 0 saturated heterocycles. The maximum atomic E-state index is 11.7. The quantitative estimate of drug-likeness (QED) is 0.511. The molecule has 2 amide bonds. The zero-order chi connectivity index (χ0) is 15.9. The van der Waals surface area contributed by atoms with Gasteiger partial charge < -0.3 is 5.32 Å². The molecule has 6 heteroatoms. The summed E-state index contributed by atoms with van der Waals surface area (Å²) in [7, 11) is 0. The van der Waals surface area contributed by atoms with E-state index in [9.17, 15) is 4.79 Å². The number of hydrogen-bond acceptors (Lipinski definition) is 3. The van der Waals surface area contributed by atoms with E-state index in [2.05, 4.69) is 26.0 Å². The van der Waals surface area contributed by atoms with E-state index in [1.807, 2.05) is 48.5 Å². The lowest BCUT2D eigenvalue weighted by molar-refractivity contribution is 0.252. The van der Waals surface area contributed by atoms with Gasteiger partial charge in [0.05, 0.1) is 18.1 Å². The summed E-state index contributed by atoms with van der Waals surface area (Å²) in [5.41, 5.74) is 5.76. The molecule has 0 unspecified atom stereocenters. The van der Waals surface area contributed by atoms with E-state index in [0.717, 1.165) is 16.8 Å². The fourth-order valence-electron chi connectivity index (χ4n) is 2.07. The van der Waals surface area contributed by atoms with Gasteiger partial charge in [-0.2, -0.15) is 10.2 Å². The first-order valence-electron chi connectivity index (χ1n) is 7.07. The number of carbonyl (C=O) groups is 1. The van der Waals surface area contributed by atoms with Crippen LogP contribution in [0.5, 0.6) is 0 Å². The highest BCUT2D eigenvalue weighted by Crippen LogP contribution is 2.18. The summed E-state index contributed by atoms with van der Waals surface area (Å²) in [4.78, 5) is 11.7. The molecular weight excluding hydrogens is 290 g/mol. The molecule has 0 aliphatic heterocycles. The smallest absolute Gasteiger partial charge is 0.307 e. The van der Waals surface area contributed by atoms with Crippen LogP contribution >= 0.6 is 0 Å². The van der Waals surface area contributed by atoms with Crippen LogP contribution in [-0.2, 0) is 0 Å². The molecule has 0 aliphatic carbocycles. The lowest BCUT2D eigenvalue weighted by Crippen LogP contribution is -2.24. The second-order valence-electron chi connectivity index (χ2n) is 4.76. The Hall–Kier alpha value is -3.41. The molecule has 0 radical (unpaired) electrons. The molecule has 0 atom stereocenters. The van der Waals surface area contributed by atoms with E-state index in [-0.39, 0.29) is 0 Å². The van der Waals surface area contributed by atoms with Gasteiger partial charge >= 0.3 is 6.03 Å². The Labute approximate surface area is 133 Å². The van der Waals surface area contributed by atoms with Crippen molar-refractivity contribution in [2.75, 3.05) is 5.32 Å². The van der Waals surface area contributed by atoms with E-state index in [1.165, 1.54) is 0 Å². The second kappa shape index (κ2) is 7.04. The average Bonchev–Trinajstić information content (AvgIpc) is 3.05. The lowest BCUT2D eigenvalue weighted by Gasteiger charge is -2.03. The van der Waals surface area contributed by atoms with Gasteiger partial charge in [0.2, 0.25) is 0 Å². The third kappa shape index (κ3) is 3.82. The van der Waals surface area contributed by atoms with Gasteiger partial charge in [-0.15, -0.1) is 0 Å². The molecule has 114 valence electrons. The summed E-state index contributed by atoms with van der Waals surface area (Å²) in [5.74, 6) is 0. The molecule has 3 N–H and O–H groups in total. The predicted octanol–water partition coefficient (Wildman–Crippen LogP) is 3.23. The lowest BCUT2D eigenvalue weighted by atomic mass is 10.1. The van der Waals surface area contributed by atoms with Crippen molar-refractivity contribution in [2.45, 2.75) is 0 Å². The van der Waals surface area contributed by atoms with Gasteiger partial charge in [0.15, 0.2) is 0 Å². The number of hydrazone groups is 1. The largest absolute Gasteiger partial charge is 0.339 e. The number of urea groups is 1. The third-order valence-corrected chi connectivity index (χ3v) is 3.13. The SMILES string of the molecule is O=C(N/N=C/c1cn[nH]c1-c1ccccc1)Nc1ccccc1. The Morgan fingerprint density at radius 2 is 1.74 bits per heavy atom. The summed E-state index contributed by atoms with van der Waals surface area (Å²) in [6, 6.07) is 18.5. The van der Waals surface area contributed by atoms with Crippen molar-refractivity contribution in [1.82, 2.24) is 15.6 Å². The minimum atomic E-state index is -0.405. The first-order chi connectivity index (χ1) is 11.3. The van der Waals surface area contributed by atoms with Crippen LogP contribution < -0.4 is 10.7 Å². The number of para-hydroxylation sites is 1. The Kier molecular flexibility index (Phi) is 4.44. The first kappa shape index (κ1) is 14.5. The number of anilines is 1. The van der Waals surface area contributed by atoms with Gasteiger partial charge in [0.25, 0.3) is 0 Å². The fraction of sp³-hybridized carbons (Fsp3) is 0. The Bertz CT molecular complexity index is 796. The highest BCUT2D eigenvalue weighted by Gasteiger charge is 2.05. The predicted molar refractivity (Wildman–Crippen MR) is 90.2 cm³/mol. The van der Waals surface area contributed by atoms with Crippen molar-refractivity contribution in [3.05, 3.63) is 72.4 Å². The van der Waals surface area contributed by atoms with E-state index < -0.39 is 6.03 Å². The molecule has 0 aliphatic rings. The maximum absolute atomic E-state index is 11.7. The van der Waals surface area contributed by atoms with E-state index >= 15 is 0 Å². The first-order valence-corrected chi connectivity index (χ1v) is 7.07. The molecule has 3 aromatic rings. The van der Waals surface area contributed by atoms with E-state index in [0.29, 0.717) is 5.69 Å². The Morgan fingerprint density at radius 3 is 2.48 bits per heavy atom. The normalized spacial score (nSPS) is 10.6. The van der Waals surface area contributed by atoms with Crippen LogP contribution in [0.2, 0.25) is 0 Å². The number of amides is 2. The third-order valence-electron chi connectivity index (χ3n) is 3.13. The molecule has 2 aromatic carbocycles. The number of H-pyrrole nitrogens is 1. The van der Waals surface area contributed by atoms with Crippen molar-refractivity contribution in [1.29, 1.82) is 0 Å². The van der Waals surface area contributed by atoms with Crippen LogP contribution in [0.15, 0.2) is 72.0 Å². The second-order valence-corrected chi connectivity index (χ2v) is 4.76. The molecule has 6 nitrogen and oxygen atoms in total. The van der Waals surface area contributed by atoms with Crippen molar-refractivity contribution < 1.29 is 4.79 Å². The topological polar surface area (TPSA) is 82.2 Å². The van der Waals surface area contributed by atoms with Crippen LogP contribution in [0.4, 0.5) is 10.5 Å². The minimum Gasteiger partial charge on any atom is -0.307 e. The number of rotatable bonds is 4. The summed E-state index contributed by atoms with van der Waals surface area (Å²) in [5, 5.41) is 13.6. The number of hydrogen-bond donors (Lipinski definition) is 3.